The van der Waals surface area contributed by atoms with E-state index in [1.807, 2.05) is 13.8 Å². The average molecular weight is 338 g/mol. The summed E-state index contributed by atoms with van der Waals surface area (Å²) in [5, 5.41) is 19.3. The van der Waals surface area contributed by atoms with Crippen molar-refractivity contribution in [2.24, 2.45) is 0 Å². The zero-order valence-corrected chi connectivity index (χ0v) is 11.9. The van der Waals surface area contributed by atoms with Gasteiger partial charge in [0, 0.05) is 25.6 Å². The highest BCUT2D eigenvalue weighted by Crippen LogP contribution is 2.40. The van der Waals surface area contributed by atoms with Gasteiger partial charge in [-0.2, -0.15) is 0 Å². The van der Waals surface area contributed by atoms with Gasteiger partial charge in [0.05, 0.1) is 6.61 Å². The lowest BCUT2D eigenvalue weighted by molar-refractivity contribution is 0.279. The van der Waals surface area contributed by atoms with Crippen LogP contribution in [0.4, 0.5) is 0 Å². The summed E-state index contributed by atoms with van der Waals surface area (Å²) >= 11 is 6.83. The maximum atomic E-state index is 10.0. The molecule has 0 aromatic heterocycles. The van der Waals surface area contributed by atoms with Gasteiger partial charge in [0.15, 0.2) is 0 Å². The molecule has 0 amide bonds. The molecular weight excluding hydrogens is 324 g/mol. The monoisotopic (exact) mass is 336 g/mol. The molecule has 1 aromatic carbocycles. The Morgan fingerprint density at radius 1 is 0.933 bits per heavy atom. The topological polar surface area (TPSA) is 40.5 Å². The highest BCUT2D eigenvalue weighted by Gasteiger charge is 2.18. The van der Waals surface area contributed by atoms with E-state index in [2.05, 4.69) is 31.9 Å². The number of benzene rings is 1. The Bertz CT molecular complexity index is 297. The molecule has 84 valence electrons. The number of rotatable bonds is 3. The smallest absolute Gasteiger partial charge is 0.124 e. The molecule has 0 fully saturated rings. The van der Waals surface area contributed by atoms with Crippen molar-refractivity contribution in [3.05, 3.63) is 25.6 Å². The van der Waals surface area contributed by atoms with E-state index >= 15 is 0 Å². The maximum absolute atomic E-state index is 10.0. The molecule has 0 aliphatic heterocycles. The minimum Gasteiger partial charge on any atom is -0.507 e. The summed E-state index contributed by atoms with van der Waals surface area (Å²) in [7, 11) is 0. The van der Waals surface area contributed by atoms with Crippen LogP contribution in [0.5, 0.6) is 5.75 Å². The summed E-state index contributed by atoms with van der Waals surface area (Å²) in [5.41, 5.74) is 2.53. The molecule has 15 heavy (non-hydrogen) atoms. The van der Waals surface area contributed by atoms with E-state index in [1.165, 1.54) is 0 Å². The third-order valence-electron chi connectivity index (χ3n) is 2.50. The summed E-state index contributed by atoms with van der Waals surface area (Å²) < 4.78 is 1.60. The molecule has 0 saturated heterocycles. The standard InChI is InChI=1S/C11H14Br2O2/c1-3-6-9(12)8(5-14)10(13)7(4-2)11(6)15/h14-15H,3-5H2,1-2H3. The molecule has 0 bridgehead atoms. The van der Waals surface area contributed by atoms with Crippen LogP contribution in [0.15, 0.2) is 8.95 Å². The summed E-state index contributed by atoms with van der Waals surface area (Å²) in [6.45, 7) is 3.92. The van der Waals surface area contributed by atoms with Crippen molar-refractivity contribution in [1.82, 2.24) is 0 Å². The quantitative estimate of drug-likeness (QED) is 0.885. The third kappa shape index (κ3) is 2.22. The summed E-state index contributed by atoms with van der Waals surface area (Å²) in [5.74, 6) is 0.330. The van der Waals surface area contributed by atoms with Crippen molar-refractivity contribution in [1.29, 1.82) is 0 Å². The molecule has 0 radical (unpaired) electrons. The number of phenols is 1. The van der Waals surface area contributed by atoms with Crippen LogP contribution in [0.3, 0.4) is 0 Å². The average Bonchev–Trinajstić information content (AvgIpc) is 2.19. The van der Waals surface area contributed by atoms with Crippen molar-refractivity contribution >= 4 is 31.9 Å². The van der Waals surface area contributed by atoms with Crippen molar-refractivity contribution < 1.29 is 10.2 Å². The molecule has 2 N–H and O–H groups in total. The first-order chi connectivity index (χ1) is 7.08. The van der Waals surface area contributed by atoms with E-state index < -0.39 is 0 Å². The van der Waals surface area contributed by atoms with Gasteiger partial charge < -0.3 is 10.2 Å². The molecule has 1 aromatic rings. The zero-order valence-electron chi connectivity index (χ0n) is 8.77. The van der Waals surface area contributed by atoms with Crippen molar-refractivity contribution in [2.45, 2.75) is 33.3 Å². The van der Waals surface area contributed by atoms with E-state index in [4.69, 9.17) is 0 Å². The Morgan fingerprint density at radius 2 is 1.33 bits per heavy atom. The van der Waals surface area contributed by atoms with Crippen LogP contribution < -0.4 is 0 Å². The number of halogens is 2. The highest BCUT2D eigenvalue weighted by atomic mass is 79.9. The Kier molecular flexibility index (Phi) is 4.62. The first kappa shape index (κ1) is 13.0. The van der Waals surface area contributed by atoms with E-state index in [0.29, 0.717) is 5.75 Å². The van der Waals surface area contributed by atoms with Gasteiger partial charge in [-0.1, -0.05) is 13.8 Å². The second kappa shape index (κ2) is 5.32. The molecule has 0 unspecified atom stereocenters. The third-order valence-corrected chi connectivity index (χ3v) is 4.41. The minimum absolute atomic E-state index is 0.0402. The van der Waals surface area contributed by atoms with Gasteiger partial charge in [0.25, 0.3) is 0 Å². The molecule has 0 heterocycles. The highest BCUT2D eigenvalue weighted by molar-refractivity contribution is 9.11. The van der Waals surface area contributed by atoms with Crippen LogP contribution in [0.25, 0.3) is 0 Å². The van der Waals surface area contributed by atoms with Gasteiger partial charge in [0.2, 0.25) is 0 Å². The first-order valence-electron chi connectivity index (χ1n) is 4.89. The zero-order chi connectivity index (χ0) is 11.6. The lowest BCUT2D eigenvalue weighted by atomic mass is 10.0. The first-order valence-corrected chi connectivity index (χ1v) is 6.48. The predicted molar refractivity (Wildman–Crippen MR) is 68.2 cm³/mol. The van der Waals surface area contributed by atoms with E-state index in [9.17, 15) is 10.2 Å². The molecule has 4 heteroatoms. The Morgan fingerprint density at radius 3 is 1.60 bits per heavy atom. The lowest BCUT2D eigenvalue weighted by Gasteiger charge is -2.16. The molecular formula is C11H14Br2O2. The molecule has 2 nitrogen and oxygen atoms in total. The second-order valence-electron chi connectivity index (χ2n) is 3.28. The molecule has 0 saturated carbocycles. The SMILES string of the molecule is CCc1c(O)c(CC)c(Br)c(CO)c1Br. The molecule has 0 spiro atoms. The van der Waals surface area contributed by atoms with Gasteiger partial charge >= 0.3 is 0 Å². The van der Waals surface area contributed by atoms with Crippen LogP contribution in [0.2, 0.25) is 0 Å². The van der Waals surface area contributed by atoms with E-state index in [1.54, 1.807) is 0 Å². The van der Waals surface area contributed by atoms with Crippen LogP contribution in [-0.2, 0) is 19.4 Å². The second-order valence-corrected chi connectivity index (χ2v) is 4.86. The predicted octanol–water partition coefficient (Wildman–Crippen LogP) is 3.53. The van der Waals surface area contributed by atoms with Crippen LogP contribution in [0.1, 0.15) is 30.5 Å². The van der Waals surface area contributed by atoms with Crippen molar-refractivity contribution in [3.63, 3.8) is 0 Å². The number of aliphatic hydroxyl groups is 1. The fourth-order valence-corrected chi connectivity index (χ4v) is 3.48. The molecule has 0 aliphatic carbocycles. The van der Waals surface area contributed by atoms with Crippen LogP contribution in [-0.4, -0.2) is 10.2 Å². The largest absolute Gasteiger partial charge is 0.507 e. The van der Waals surface area contributed by atoms with Gasteiger partial charge in [-0.3, -0.25) is 0 Å². The molecule has 0 aliphatic rings. The number of aliphatic hydroxyl groups excluding tert-OH is 1. The van der Waals surface area contributed by atoms with Crippen molar-refractivity contribution in [2.75, 3.05) is 0 Å². The maximum Gasteiger partial charge on any atom is 0.124 e. The molecule has 0 atom stereocenters. The van der Waals surface area contributed by atoms with Gasteiger partial charge in [0.1, 0.15) is 5.75 Å². The number of aromatic hydroxyl groups is 1. The summed E-state index contributed by atoms with van der Waals surface area (Å²) in [6.07, 6.45) is 1.47. The Hall–Kier alpha value is -0.0600. The van der Waals surface area contributed by atoms with Crippen LogP contribution >= 0.6 is 31.9 Å². The van der Waals surface area contributed by atoms with Crippen LogP contribution in [0, 0.1) is 0 Å². The summed E-state index contributed by atoms with van der Waals surface area (Å²) in [6, 6.07) is 0. The Labute approximate surface area is 107 Å². The fourth-order valence-electron chi connectivity index (χ4n) is 1.63. The van der Waals surface area contributed by atoms with Crippen molar-refractivity contribution in [3.8, 4) is 5.75 Å². The van der Waals surface area contributed by atoms with Gasteiger partial charge in [-0.05, 0) is 44.7 Å². The fraction of sp³-hybridized carbons (Fsp3) is 0.455. The van der Waals surface area contributed by atoms with Gasteiger partial charge in [-0.15, -0.1) is 0 Å². The minimum atomic E-state index is -0.0402. The lowest BCUT2D eigenvalue weighted by Crippen LogP contribution is -1.99. The van der Waals surface area contributed by atoms with E-state index in [-0.39, 0.29) is 6.61 Å². The summed E-state index contributed by atoms with van der Waals surface area (Å²) in [4.78, 5) is 0. The number of hydrogen-bond acceptors (Lipinski definition) is 2. The van der Waals surface area contributed by atoms with E-state index in [0.717, 1.165) is 38.5 Å². The Balaban J connectivity index is 3.57. The molecule has 1 rings (SSSR count). The number of hydrogen-bond donors (Lipinski definition) is 2. The normalized spacial score (nSPS) is 10.7. The van der Waals surface area contributed by atoms with Gasteiger partial charge in [-0.25, -0.2) is 0 Å². The number of phenolic OH excluding ortho intramolecular Hbond substituents is 1.